The van der Waals surface area contributed by atoms with Crippen LogP contribution in [0.3, 0.4) is 0 Å². The topological polar surface area (TPSA) is 52.6 Å². The molecule has 4 nitrogen and oxygen atoms in total. The van der Waals surface area contributed by atoms with E-state index in [1.165, 1.54) is 0 Å². The predicted molar refractivity (Wildman–Crippen MR) is 41.0 cm³/mol. The Balaban J connectivity index is 2.20. The van der Waals surface area contributed by atoms with Crippen LogP contribution in [0.4, 0.5) is 0 Å². The van der Waals surface area contributed by atoms with Crippen LogP contribution in [0.5, 0.6) is 0 Å². The normalized spacial score (nSPS) is 25.7. The molecule has 1 atom stereocenters. The zero-order valence-corrected chi connectivity index (χ0v) is 6.71. The second kappa shape index (κ2) is 3.69. The van der Waals surface area contributed by atoms with Crippen LogP contribution in [-0.2, 0) is 4.79 Å². The third kappa shape index (κ3) is 2.48. The minimum absolute atomic E-state index is 0.220. The molecule has 1 aliphatic heterocycles. The Hall–Kier alpha value is -0.610. The van der Waals surface area contributed by atoms with Gasteiger partial charge in [0.15, 0.2) is 0 Å². The summed E-state index contributed by atoms with van der Waals surface area (Å²) in [6.07, 6.45) is 1.33. The molecule has 1 unspecified atom stereocenters. The van der Waals surface area contributed by atoms with Gasteiger partial charge in [-0.2, -0.15) is 0 Å². The molecule has 0 bridgehead atoms. The summed E-state index contributed by atoms with van der Waals surface area (Å²) in [6.45, 7) is 3.68. The second-order valence-corrected chi connectivity index (χ2v) is 2.88. The summed E-state index contributed by atoms with van der Waals surface area (Å²) >= 11 is 0. The molecule has 11 heavy (non-hydrogen) atoms. The van der Waals surface area contributed by atoms with E-state index in [9.17, 15) is 4.79 Å². The molecular weight excluding hydrogens is 144 g/mol. The van der Waals surface area contributed by atoms with E-state index >= 15 is 0 Å². The number of hydrogen-bond acceptors (Lipinski definition) is 3. The molecule has 1 saturated heterocycles. The first-order chi connectivity index (χ1) is 5.20. The number of carboxylic acids is 1. The van der Waals surface area contributed by atoms with Crippen LogP contribution >= 0.6 is 0 Å². The molecule has 0 aromatic carbocycles. The van der Waals surface area contributed by atoms with Gasteiger partial charge in [0, 0.05) is 19.1 Å². The number of rotatable bonds is 3. The van der Waals surface area contributed by atoms with Crippen LogP contribution in [0.1, 0.15) is 19.8 Å². The van der Waals surface area contributed by atoms with Gasteiger partial charge >= 0.3 is 5.97 Å². The molecule has 2 N–H and O–H groups in total. The fraction of sp³-hybridized carbons (Fsp3) is 0.857. The molecule has 1 rings (SSSR count). The Morgan fingerprint density at radius 3 is 3.00 bits per heavy atom. The number of hydrazine groups is 1. The van der Waals surface area contributed by atoms with Gasteiger partial charge in [-0.25, -0.2) is 5.01 Å². The molecule has 0 aromatic heterocycles. The van der Waals surface area contributed by atoms with E-state index in [0.717, 1.165) is 13.0 Å². The van der Waals surface area contributed by atoms with E-state index in [-0.39, 0.29) is 6.42 Å². The number of hydrogen-bond donors (Lipinski definition) is 2. The van der Waals surface area contributed by atoms with Gasteiger partial charge in [-0.05, 0) is 13.3 Å². The van der Waals surface area contributed by atoms with Crippen LogP contribution in [0.2, 0.25) is 0 Å². The highest BCUT2D eigenvalue weighted by atomic mass is 16.4. The highest BCUT2D eigenvalue weighted by molar-refractivity contribution is 5.66. The van der Waals surface area contributed by atoms with Gasteiger partial charge in [-0.15, -0.1) is 0 Å². The van der Waals surface area contributed by atoms with Gasteiger partial charge in [0.05, 0.1) is 6.42 Å². The molecule has 0 spiro atoms. The number of nitrogens with zero attached hydrogens (tertiary/aromatic N) is 1. The number of carboxylic acid groups (broad SMARTS) is 1. The third-order valence-electron chi connectivity index (χ3n) is 1.98. The third-order valence-corrected chi connectivity index (χ3v) is 1.98. The van der Waals surface area contributed by atoms with Crippen LogP contribution in [-0.4, -0.2) is 35.2 Å². The summed E-state index contributed by atoms with van der Waals surface area (Å²) in [5.41, 5.74) is 3.13. The van der Waals surface area contributed by atoms with E-state index in [1.807, 2.05) is 5.01 Å². The Labute approximate surface area is 66.2 Å². The Morgan fingerprint density at radius 1 is 1.82 bits per heavy atom. The zero-order valence-electron chi connectivity index (χ0n) is 6.71. The highest BCUT2D eigenvalue weighted by Gasteiger charge is 2.19. The SMILES string of the molecule is CC1CCNN1CCC(=O)O. The molecule has 1 aliphatic rings. The van der Waals surface area contributed by atoms with E-state index < -0.39 is 5.97 Å². The largest absolute Gasteiger partial charge is 0.481 e. The minimum atomic E-state index is -0.731. The van der Waals surface area contributed by atoms with Gasteiger partial charge in [0.1, 0.15) is 0 Å². The molecule has 1 heterocycles. The number of aliphatic carboxylic acids is 1. The maximum atomic E-state index is 10.2. The maximum absolute atomic E-state index is 10.2. The predicted octanol–water partition coefficient (Wildman–Crippen LogP) is 0.0599. The molecule has 0 amide bonds. The lowest BCUT2D eigenvalue weighted by Crippen LogP contribution is -2.37. The van der Waals surface area contributed by atoms with E-state index in [1.54, 1.807) is 0 Å². The van der Waals surface area contributed by atoms with Gasteiger partial charge in [0.25, 0.3) is 0 Å². The van der Waals surface area contributed by atoms with Gasteiger partial charge < -0.3 is 5.11 Å². The average Bonchev–Trinajstić information content (AvgIpc) is 2.31. The van der Waals surface area contributed by atoms with Gasteiger partial charge in [0.2, 0.25) is 0 Å². The molecule has 0 saturated carbocycles. The fourth-order valence-electron chi connectivity index (χ4n) is 1.24. The van der Waals surface area contributed by atoms with Crippen molar-refractivity contribution in [3.8, 4) is 0 Å². The summed E-state index contributed by atoms with van der Waals surface area (Å²) in [7, 11) is 0. The molecular formula is C7H14N2O2. The Kier molecular flexibility index (Phi) is 2.84. The van der Waals surface area contributed by atoms with Crippen LogP contribution in [0, 0.1) is 0 Å². The molecule has 4 heteroatoms. The quantitative estimate of drug-likeness (QED) is 0.610. The lowest BCUT2D eigenvalue weighted by molar-refractivity contribution is -0.137. The summed E-state index contributed by atoms with van der Waals surface area (Å²) in [5, 5.41) is 10.4. The van der Waals surface area contributed by atoms with Crippen molar-refractivity contribution in [2.75, 3.05) is 13.1 Å². The van der Waals surface area contributed by atoms with E-state index in [0.29, 0.717) is 12.6 Å². The fourth-order valence-corrected chi connectivity index (χ4v) is 1.24. The monoisotopic (exact) mass is 158 g/mol. The molecule has 64 valence electrons. The van der Waals surface area contributed by atoms with Crippen molar-refractivity contribution in [2.45, 2.75) is 25.8 Å². The van der Waals surface area contributed by atoms with Crippen LogP contribution in [0.25, 0.3) is 0 Å². The van der Waals surface area contributed by atoms with Crippen molar-refractivity contribution in [1.82, 2.24) is 10.4 Å². The average molecular weight is 158 g/mol. The molecule has 0 aromatic rings. The first-order valence-corrected chi connectivity index (χ1v) is 3.92. The summed E-state index contributed by atoms with van der Waals surface area (Å²) < 4.78 is 0. The lowest BCUT2D eigenvalue weighted by atomic mass is 10.2. The van der Waals surface area contributed by atoms with Crippen molar-refractivity contribution >= 4 is 5.97 Å². The van der Waals surface area contributed by atoms with Crippen molar-refractivity contribution in [3.05, 3.63) is 0 Å². The first kappa shape index (κ1) is 8.49. The summed E-state index contributed by atoms with van der Waals surface area (Å²) in [4.78, 5) is 10.2. The van der Waals surface area contributed by atoms with Crippen LogP contribution in [0.15, 0.2) is 0 Å². The maximum Gasteiger partial charge on any atom is 0.304 e. The summed E-state index contributed by atoms with van der Waals surface area (Å²) in [5.74, 6) is -0.731. The lowest BCUT2D eigenvalue weighted by Gasteiger charge is -2.19. The first-order valence-electron chi connectivity index (χ1n) is 3.92. The second-order valence-electron chi connectivity index (χ2n) is 2.88. The Bertz CT molecular complexity index is 149. The number of carbonyl (C=O) groups is 1. The number of nitrogens with one attached hydrogen (secondary N) is 1. The van der Waals surface area contributed by atoms with Crippen molar-refractivity contribution in [1.29, 1.82) is 0 Å². The van der Waals surface area contributed by atoms with Crippen molar-refractivity contribution in [3.63, 3.8) is 0 Å². The molecule has 0 aliphatic carbocycles. The minimum Gasteiger partial charge on any atom is -0.481 e. The molecule has 0 radical (unpaired) electrons. The smallest absolute Gasteiger partial charge is 0.304 e. The van der Waals surface area contributed by atoms with Crippen LogP contribution < -0.4 is 5.43 Å². The van der Waals surface area contributed by atoms with Crippen molar-refractivity contribution in [2.24, 2.45) is 0 Å². The highest BCUT2D eigenvalue weighted by Crippen LogP contribution is 2.07. The van der Waals surface area contributed by atoms with E-state index in [4.69, 9.17) is 5.11 Å². The zero-order chi connectivity index (χ0) is 8.27. The Morgan fingerprint density at radius 2 is 2.55 bits per heavy atom. The van der Waals surface area contributed by atoms with Gasteiger partial charge in [-0.3, -0.25) is 10.2 Å². The summed E-state index contributed by atoms with van der Waals surface area (Å²) in [6, 6.07) is 0.481. The standard InChI is InChI=1S/C7H14N2O2/c1-6-2-4-8-9(6)5-3-7(10)11/h6,8H,2-5H2,1H3,(H,10,11). The van der Waals surface area contributed by atoms with Crippen molar-refractivity contribution < 1.29 is 9.90 Å². The van der Waals surface area contributed by atoms with E-state index in [2.05, 4.69) is 12.3 Å². The molecule has 1 fully saturated rings. The van der Waals surface area contributed by atoms with Gasteiger partial charge in [-0.1, -0.05) is 0 Å².